The topological polar surface area (TPSA) is 0 Å². The summed E-state index contributed by atoms with van der Waals surface area (Å²) in [4.78, 5) is 0. The van der Waals surface area contributed by atoms with Gasteiger partial charge < -0.3 is 0 Å². The smallest absolute Gasteiger partial charge is 0.0156 e. The molecule has 27 heavy (non-hydrogen) atoms. The van der Waals surface area contributed by atoms with E-state index in [1.54, 1.807) is 11.1 Å². The summed E-state index contributed by atoms with van der Waals surface area (Å²) in [6.07, 6.45) is 27.6. The van der Waals surface area contributed by atoms with Crippen molar-refractivity contribution < 1.29 is 0 Å². The van der Waals surface area contributed by atoms with E-state index in [0.29, 0.717) is 0 Å². The molecule has 1 unspecified atom stereocenters. The van der Waals surface area contributed by atoms with Gasteiger partial charge in [-0.05, 0) is 36.3 Å². The number of hydrogen-bond acceptors (Lipinski definition) is 0. The fourth-order valence-corrected chi connectivity index (χ4v) is 4.88. The van der Waals surface area contributed by atoms with Crippen LogP contribution in [-0.2, 0) is 6.42 Å². The van der Waals surface area contributed by atoms with Crippen molar-refractivity contribution in [1.82, 2.24) is 0 Å². The van der Waals surface area contributed by atoms with Gasteiger partial charge in [0.1, 0.15) is 0 Å². The predicted octanol–water partition coefficient (Wildman–Crippen LogP) is 9.37. The maximum Gasteiger partial charge on any atom is -0.0156 e. The number of aryl methyl sites for hydroxylation is 1. The van der Waals surface area contributed by atoms with Crippen LogP contribution < -0.4 is 0 Å². The fraction of sp³-hybridized carbons (Fsp3) is 0.778. The first-order chi connectivity index (χ1) is 13.4. The van der Waals surface area contributed by atoms with Crippen molar-refractivity contribution >= 4 is 0 Å². The van der Waals surface area contributed by atoms with E-state index >= 15 is 0 Å². The van der Waals surface area contributed by atoms with Crippen LogP contribution in [0.25, 0.3) is 0 Å². The van der Waals surface area contributed by atoms with Crippen molar-refractivity contribution in [2.45, 2.75) is 135 Å². The summed E-state index contributed by atoms with van der Waals surface area (Å²) in [5, 5.41) is 0. The summed E-state index contributed by atoms with van der Waals surface area (Å²) in [5.74, 6) is 0.868. The van der Waals surface area contributed by atoms with Gasteiger partial charge in [0.25, 0.3) is 0 Å². The lowest BCUT2D eigenvalue weighted by molar-refractivity contribution is 0.514. The number of fused-ring (bicyclic) bond motifs is 1. The van der Waals surface area contributed by atoms with Crippen LogP contribution in [0.1, 0.15) is 140 Å². The van der Waals surface area contributed by atoms with Crippen molar-refractivity contribution in [1.29, 1.82) is 0 Å². The highest BCUT2D eigenvalue weighted by molar-refractivity contribution is 5.34. The van der Waals surface area contributed by atoms with E-state index in [0.717, 1.165) is 5.92 Å². The zero-order valence-electron chi connectivity index (χ0n) is 18.3. The summed E-state index contributed by atoms with van der Waals surface area (Å²) in [6, 6.07) is 9.14. The first kappa shape index (κ1) is 22.5. The Balaban J connectivity index is 1.30. The number of hydrogen-bond donors (Lipinski definition) is 0. The minimum Gasteiger partial charge on any atom is -0.0654 e. The largest absolute Gasteiger partial charge is 0.0654 e. The maximum absolute atomic E-state index is 2.37. The molecule has 0 nitrogen and oxygen atoms in total. The van der Waals surface area contributed by atoms with Gasteiger partial charge in [-0.25, -0.2) is 0 Å². The SMILES string of the molecule is CCCCCCCCCCCCCCCCCCC1CCc2ccccc21. The molecule has 0 heteroatoms. The molecule has 154 valence electrons. The Morgan fingerprint density at radius 3 is 1.67 bits per heavy atom. The third-order valence-corrected chi connectivity index (χ3v) is 6.66. The summed E-state index contributed by atoms with van der Waals surface area (Å²) in [7, 11) is 0. The first-order valence-electron chi connectivity index (χ1n) is 12.5. The summed E-state index contributed by atoms with van der Waals surface area (Å²) < 4.78 is 0. The molecule has 0 amide bonds. The molecular weight excluding hydrogens is 324 g/mol. The monoisotopic (exact) mass is 370 g/mol. The molecule has 1 aliphatic carbocycles. The van der Waals surface area contributed by atoms with Gasteiger partial charge >= 0.3 is 0 Å². The summed E-state index contributed by atoms with van der Waals surface area (Å²) >= 11 is 0. The lowest BCUT2D eigenvalue weighted by atomic mass is 9.94. The van der Waals surface area contributed by atoms with Crippen LogP contribution in [-0.4, -0.2) is 0 Å². The fourth-order valence-electron chi connectivity index (χ4n) is 4.88. The lowest BCUT2D eigenvalue weighted by Crippen LogP contribution is -1.93. The van der Waals surface area contributed by atoms with Crippen molar-refractivity contribution in [3.63, 3.8) is 0 Å². The molecule has 0 saturated heterocycles. The molecule has 1 aromatic rings. The lowest BCUT2D eigenvalue weighted by Gasteiger charge is -2.11. The molecule has 1 aliphatic rings. The normalized spacial score (nSPS) is 16.0. The van der Waals surface area contributed by atoms with Crippen LogP contribution in [0, 0.1) is 0 Å². The molecule has 2 rings (SSSR count). The van der Waals surface area contributed by atoms with Gasteiger partial charge in [0, 0.05) is 0 Å². The van der Waals surface area contributed by atoms with E-state index in [1.807, 2.05) is 0 Å². The molecular formula is C27H46. The van der Waals surface area contributed by atoms with Gasteiger partial charge in [0.2, 0.25) is 0 Å². The molecule has 1 atom stereocenters. The van der Waals surface area contributed by atoms with Gasteiger partial charge in [-0.3, -0.25) is 0 Å². The van der Waals surface area contributed by atoms with Crippen LogP contribution in [0.3, 0.4) is 0 Å². The summed E-state index contributed by atoms with van der Waals surface area (Å²) in [6.45, 7) is 2.30. The van der Waals surface area contributed by atoms with E-state index in [2.05, 4.69) is 31.2 Å². The van der Waals surface area contributed by atoms with E-state index in [1.165, 1.54) is 122 Å². The Hall–Kier alpha value is -0.780. The van der Waals surface area contributed by atoms with Crippen LogP contribution >= 0.6 is 0 Å². The number of unbranched alkanes of at least 4 members (excludes halogenated alkanes) is 15. The second-order valence-corrected chi connectivity index (χ2v) is 9.03. The molecule has 0 saturated carbocycles. The van der Waals surface area contributed by atoms with Crippen molar-refractivity contribution in [2.24, 2.45) is 0 Å². The molecule has 0 spiro atoms. The van der Waals surface area contributed by atoms with Gasteiger partial charge in [0.05, 0.1) is 0 Å². The van der Waals surface area contributed by atoms with Crippen LogP contribution in [0.5, 0.6) is 0 Å². The highest BCUT2D eigenvalue weighted by Gasteiger charge is 2.20. The maximum atomic E-state index is 2.37. The standard InChI is InChI=1S/C27H46/c1-2-3-4-5-6-7-8-9-10-11-12-13-14-15-16-17-20-25-23-24-26-21-18-19-22-27(25)26/h18-19,21-22,25H,2-17,20,23-24H2,1H3. The molecule has 0 radical (unpaired) electrons. The molecule has 0 heterocycles. The van der Waals surface area contributed by atoms with Gasteiger partial charge in [-0.2, -0.15) is 0 Å². The molecule has 0 fully saturated rings. The zero-order chi connectivity index (χ0) is 19.0. The Morgan fingerprint density at radius 1 is 0.630 bits per heavy atom. The average molecular weight is 371 g/mol. The van der Waals surface area contributed by atoms with Crippen molar-refractivity contribution in [3.05, 3.63) is 35.4 Å². The van der Waals surface area contributed by atoms with Crippen LogP contribution in [0.15, 0.2) is 24.3 Å². The Morgan fingerprint density at radius 2 is 1.11 bits per heavy atom. The molecule has 1 aromatic carbocycles. The quantitative estimate of drug-likeness (QED) is 0.239. The van der Waals surface area contributed by atoms with Crippen molar-refractivity contribution in [2.75, 3.05) is 0 Å². The highest BCUT2D eigenvalue weighted by Crippen LogP contribution is 2.36. The van der Waals surface area contributed by atoms with E-state index < -0.39 is 0 Å². The van der Waals surface area contributed by atoms with Gasteiger partial charge in [0.15, 0.2) is 0 Å². The zero-order valence-corrected chi connectivity index (χ0v) is 18.3. The molecule has 0 N–H and O–H groups in total. The Labute approximate surface area is 170 Å². The van der Waals surface area contributed by atoms with Crippen LogP contribution in [0.2, 0.25) is 0 Å². The van der Waals surface area contributed by atoms with Crippen LogP contribution in [0.4, 0.5) is 0 Å². The van der Waals surface area contributed by atoms with E-state index in [4.69, 9.17) is 0 Å². The first-order valence-corrected chi connectivity index (χ1v) is 12.5. The molecule has 0 aliphatic heterocycles. The van der Waals surface area contributed by atoms with E-state index in [9.17, 15) is 0 Å². The minimum absolute atomic E-state index is 0.868. The highest BCUT2D eigenvalue weighted by atomic mass is 14.3. The third-order valence-electron chi connectivity index (χ3n) is 6.66. The minimum atomic E-state index is 0.868. The second kappa shape index (κ2) is 15.2. The second-order valence-electron chi connectivity index (χ2n) is 9.03. The Kier molecular flexibility index (Phi) is 12.7. The third kappa shape index (κ3) is 9.82. The van der Waals surface area contributed by atoms with E-state index in [-0.39, 0.29) is 0 Å². The molecule has 0 bridgehead atoms. The number of benzene rings is 1. The van der Waals surface area contributed by atoms with Gasteiger partial charge in [-0.15, -0.1) is 0 Å². The Bertz CT molecular complexity index is 461. The number of rotatable bonds is 17. The van der Waals surface area contributed by atoms with Crippen molar-refractivity contribution in [3.8, 4) is 0 Å². The average Bonchev–Trinajstić information content (AvgIpc) is 3.11. The molecule has 0 aromatic heterocycles. The summed E-state index contributed by atoms with van der Waals surface area (Å²) in [5.41, 5.74) is 3.29. The van der Waals surface area contributed by atoms with Gasteiger partial charge in [-0.1, -0.05) is 134 Å². The predicted molar refractivity (Wildman–Crippen MR) is 122 cm³/mol.